The van der Waals surface area contributed by atoms with E-state index >= 15 is 0 Å². The van der Waals surface area contributed by atoms with E-state index in [1.54, 1.807) is 24.8 Å². The molecule has 0 bridgehead atoms. The third-order valence-corrected chi connectivity index (χ3v) is 4.61. The van der Waals surface area contributed by atoms with Gasteiger partial charge in [-0.05, 0) is 26.0 Å². The molecule has 0 saturated heterocycles. The Kier molecular flexibility index (Phi) is 4.48. The van der Waals surface area contributed by atoms with Gasteiger partial charge in [0.05, 0.1) is 34.5 Å². The molecule has 0 unspecified atom stereocenters. The summed E-state index contributed by atoms with van der Waals surface area (Å²) >= 11 is 6.55. The lowest BCUT2D eigenvalue weighted by Gasteiger charge is -2.07. The van der Waals surface area contributed by atoms with Crippen molar-refractivity contribution in [2.24, 2.45) is 0 Å². The molecule has 142 valence electrons. The number of halogens is 1. The summed E-state index contributed by atoms with van der Waals surface area (Å²) in [6, 6.07) is 9.05. The van der Waals surface area contributed by atoms with Crippen LogP contribution in [0.1, 0.15) is 21.8 Å². The first-order valence-corrected chi connectivity index (χ1v) is 8.78. The highest BCUT2D eigenvalue weighted by Gasteiger charge is 2.21. The van der Waals surface area contributed by atoms with Gasteiger partial charge in [0.1, 0.15) is 11.5 Å². The largest absolute Gasteiger partial charge is 0.497 e. The molecule has 8 nitrogen and oxygen atoms in total. The Labute approximate surface area is 165 Å². The number of hydrogen-bond donors (Lipinski definition) is 1. The maximum atomic E-state index is 12.6. The average Bonchev–Trinajstić information content (AvgIpc) is 3.25. The fourth-order valence-electron chi connectivity index (χ4n) is 2.90. The van der Waals surface area contributed by atoms with Crippen molar-refractivity contribution < 1.29 is 14.1 Å². The predicted molar refractivity (Wildman–Crippen MR) is 104 cm³/mol. The minimum absolute atomic E-state index is 0.225. The van der Waals surface area contributed by atoms with Crippen LogP contribution in [0.2, 0.25) is 5.02 Å². The molecule has 0 aliphatic rings. The molecule has 28 heavy (non-hydrogen) atoms. The lowest BCUT2D eigenvalue weighted by atomic mass is 10.2. The molecule has 4 rings (SSSR count). The van der Waals surface area contributed by atoms with E-state index in [0.717, 1.165) is 5.69 Å². The molecule has 4 aromatic rings. The summed E-state index contributed by atoms with van der Waals surface area (Å²) in [6.07, 6.45) is 1.42. The Balaban J connectivity index is 1.77. The van der Waals surface area contributed by atoms with Crippen LogP contribution < -0.4 is 10.1 Å². The Morgan fingerprint density at radius 3 is 2.82 bits per heavy atom. The van der Waals surface area contributed by atoms with Crippen molar-refractivity contribution in [3.63, 3.8) is 0 Å². The first-order valence-electron chi connectivity index (χ1n) is 8.41. The van der Waals surface area contributed by atoms with Crippen LogP contribution in [0.25, 0.3) is 16.7 Å². The van der Waals surface area contributed by atoms with E-state index in [4.69, 9.17) is 20.9 Å². The number of hydrogen-bond acceptors (Lipinski definition) is 6. The lowest BCUT2D eigenvalue weighted by Crippen LogP contribution is -2.13. The molecule has 0 spiro atoms. The van der Waals surface area contributed by atoms with Crippen molar-refractivity contribution in [2.75, 3.05) is 12.4 Å². The predicted octanol–water partition coefficient (Wildman–Crippen LogP) is 3.94. The van der Waals surface area contributed by atoms with Gasteiger partial charge in [0.25, 0.3) is 5.91 Å². The molecule has 3 heterocycles. The van der Waals surface area contributed by atoms with Gasteiger partial charge in [-0.3, -0.25) is 4.79 Å². The topological polar surface area (TPSA) is 95.1 Å². The van der Waals surface area contributed by atoms with Gasteiger partial charge in [-0.2, -0.15) is 5.10 Å². The molecular weight excluding hydrogens is 382 g/mol. The van der Waals surface area contributed by atoms with Crippen molar-refractivity contribution >= 4 is 34.4 Å². The first kappa shape index (κ1) is 18.0. The number of nitrogens with zero attached hydrogens (tertiary/aromatic N) is 4. The number of rotatable bonds is 4. The highest BCUT2D eigenvalue weighted by atomic mass is 35.5. The number of ether oxygens (including phenoxy) is 1. The van der Waals surface area contributed by atoms with Gasteiger partial charge in [0.15, 0.2) is 11.5 Å². The zero-order valence-corrected chi connectivity index (χ0v) is 16.1. The van der Waals surface area contributed by atoms with E-state index in [1.807, 2.05) is 31.2 Å². The summed E-state index contributed by atoms with van der Waals surface area (Å²) in [5.74, 6) is 1.16. The third-order valence-electron chi connectivity index (χ3n) is 4.22. The van der Waals surface area contributed by atoms with Gasteiger partial charge in [-0.15, -0.1) is 0 Å². The van der Waals surface area contributed by atoms with Gasteiger partial charge in [-0.1, -0.05) is 22.8 Å². The quantitative estimate of drug-likeness (QED) is 0.560. The van der Waals surface area contributed by atoms with E-state index in [2.05, 4.69) is 20.6 Å². The first-order chi connectivity index (χ1) is 13.5. The molecule has 0 saturated carbocycles. The van der Waals surface area contributed by atoms with Gasteiger partial charge in [0, 0.05) is 18.3 Å². The van der Waals surface area contributed by atoms with Crippen molar-refractivity contribution in [3.8, 4) is 11.4 Å². The molecular formula is C19H16ClN5O3. The normalized spacial score (nSPS) is 11.0. The fourth-order valence-corrected chi connectivity index (χ4v) is 3.25. The monoisotopic (exact) mass is 397 g/mol. The van der Waals surface area contributed by atoms with Gasteiger partial charge in [0.2, 0.25) is 0 Å². The summed E-state index contributed by atoms with van der Waals surface area (Å²) in [7, 11) is 1.60. The van der Waals surface area contributed by atoms with Crippen LogP contribution in [-0.2, 0) is 0 Å². The number of fused-ring (bicyclic) bond motifs is 1. The Bertz CT molecular complexity index is 1200. The number of carbonyl (C=O) groups excluding carboxylic acids is 1. The molecule has 1 aromatic carbocycles. The van der Waals surface area contributed by atoms with E-state index in [-0.39, 0.29) is 10.6 Å². The van der Waals surface area contributed by atoms with E-state index in [9.17, 15) is 4.79 Å². The molecule has 0 atom stereocenters. The number of anilines is 1. The second-order valence-electron chi connectivity index (χ2n) is 6.16. The highest BCUT2D eigenvalue weighted by molar-refractivity contribution is 6.39. The molecule has 1 amide bonds. The number of nitrogens with one attached hydrogen (secondary N) is 1. The zero-order valence-electron chi connectivity index (χ0n) is 15.4. The summed E-state index contributed by atoms with van der Waals surface area (Å²) in [4.78, 5) is 17.0. The maximum absolute atomic E-state index is 12.6. The molecule has 0 fully saturated rings. The minimum atomic E-state index is -0.429. The van der Waals surface area contributed by atoms with Crippen LogP contribution in [0.4, 0.5) is 5.82 Å². The Hall–Kier alpha value is -3.39. The smallest absolute Gasteiger partial charge is 0.260 e. The van der Waals surface area contributed by atoms with E-state index < -0.39 is 5.91 Å². The number of aromatic nitrogens is 4. The second-order valence-corrected chi connectivity index (χ2v) is 6.54. The maximum Gasteiger partial charge on any atom is 0.260 e. The number of aryl methyl sites for hydroxylation is 2. The minimum Gasteiger partial charge on any atom is -0.497 e. The number of benzene rings is 1. The number of amides is 1. The third kappa shape index (κ3) is 3.07. The van der Waals surface area contributed by atoms with Crippen LogP contribution in [0, 0.1) is 13.8 Å². The van der Waals surface area contributed by atoms with Gasteiger partial charge in [-0.25, -0.2) is 9.67 Å². The van der Waals surface area contributed by atoms with E-state index in [1.165, 1.54) is 6.20 Å². The van der Waals surface area contributed by atoms with Gasteiger partial charge < -0.3 is 14.6 Å². The van der Waals surface area contributed by atoms with Crippen LogP contribution >= 0.6 is 11.6 Å². The van der Waals surface area contributed by atoms with Gasteiger partial charge >= 0.3 is 0 Å². The standard InChI is InChI=1S/C19H16ClN5O3/c1-10-7-15(24-28-10)22-19(26)14-9-21-18-16(17(14)20)11(2)23-25(18)12-5-4-6-13(8-12)27-3/h4-9H,1-3H3,(H,22,24,26). The van der Waals surface area contributed by atoms with E-state index in [0.29, 0.717) is 34.1 Å². The molecule has 0 radical (unpaired) electrons. The van der Waals surface area contributed by atoms with Crippen LogP contribution in [0.3, 0.4) is 0 Å². The lowest BCUT2D eigenvalue weighted by molar-refractivity contribution is 0.102. The number of pyridine rings is 1. The Morgan fingerprint density at radius 1 is 1.29 bits per heavy atom. The second kappa shape index (κ2) is 6.97. The summed E-state index contributed by atoms with van der Waals surface area (Å²) in [5.41, 5.74) is 2.20. The molecule has 3 aromatic heterocycles. The highest BCUT2D eigenvalue weighted by Crippen LogP contribution is 2.31. The molecule has 9 heteroatoms. The number of methoxy groups -OCH3 is 1. The van der Waals surface area contributed by atoms with Crippen LogP contribution in [-0.4, -0.2) is 32.9 Å². The van der Waals surface area contributed by atoms with Crippen molar-refractivity contribution in [1.82, 2.24) is 19.9 Å². The molecule has 0 aliphatic carbocycles. The SMILES string of the molecule is COc1cccc(-n2nc(C)c3c(Cl)c(C(=O)Nc4cc(C)on4)cnc32)c1. The summed E-state index contributed by atoms with van der Waals surface area (Å²) in [5, 5.41) is 11.8. The average molecular weight is 398 g/mol. The van der Waals surface area contributed by atoms with Crippen LogP contribution in [0.15, 0.2) is 41.1 Å². The zero-order chi connectivity index (χ0) is 19.8. The van der Waals surface area contributed by atoms with Crippen LogP contribution in [0.5, 0.6) is 5.75 Å². The van der Waals surface area contributed by atoms with Crippen molar-refractivity contribution in [3.05, 3.63) is 58.6 Å². The summed E-state index contributed by atoms with van der Waals surface area (Å²) in [6.45, 7) is 3.55. The number of carbonyl (C=O) groups is 1. The van der Waals surface area contributed by atoms with Crippen molar-refractivity contribution in [1.29, 1.82) is 0 Å². The molecule has 0 aliphatic heterocycles. The Morgan fingerprint density at radius 2 is 2.11 bits per heavy atom. The van der Waals surface area contributed by atoms with Crippen molar-refractivity contribution in [2.45, 2.75) is 13.8 Å². The molecule has 1 N–H and O–H groups in total. The fraction of sp³-hybridized carbons (Fsp3) is 0.158. The summed E-state index contributed by atoms with van der Waals surface area (Å²) < 4.78 is 11.9.